The lowest BCUT2D eigenvalue weighted by molar-refractivity contribution is -0.285. The molecule has 0 amide bonds. The van der Waals surface area contributed by atoms with Gasteiger partial charge in [0.25, 0.3) is 11.4 Å². The first-order chi connectivity index (χ1) is 26.7. The van der Waals surface area contributed by atoms with Crippen LogP contribution in [0.5, 0.6) is 0 Å². The number of rotatable bonds is 31. The number of ketones is 1. The Labute approximate surface area is 337 Å². The minimum atomic E-state index is -3.52. The van der Waals surface area contributed by atoms with Crippen LogP contribution >= 0.6 is 0 Å². The molecule has 0 aliphatic heterocycles. The molecule has 57 heavy (non-hydrogen) atoms. The molecule has 4 atom stereocenters. The van der Waals surface area contributed by atoms with Crippen LogP contribution in [0.15, 0.2) is 0 Å². The van der Waals surface area contributed by atoms with E-state index in [4.69, 9.17) is 47.6 Å². The van der Waals surface area contributed by atoms with Crippen molar-refractivity contribution in [3.05, 3.63) is 0 Å². The minimum Gasteiger partial charge on any atom is -0.440 e. The van der Waals surface area contributed by atoms with E-state index in [0.29, 0.717) is 12.8 Å². The van der Waals surface area contributed by atoms with Gasteiger partial charge in [-0.3, -0.25) is 31.6 Å². The fourth-order valence-electron chi connectivity index (χ4n) is 6.11. The number of hydrogen-bond donors (Lipinski definition) is 5. The summed E-state index contributed by atoms with van der Waals surface area (Å²) in [6, 6.07) is 0. The predicted molar refractivity (Wildman–Crippen MR) is 208 cm³/mol. The summed E-state index contributed by atoms with van der Waals surface area (Å²) >= 11 is 0. The van der Waals surface area contributed by atoms with E-state index in [1.807, 2.05) is 0 Å². The van der Waals surface area contributed by atoms with Gasteiger partial charge in [-0.05, 0) is 38.8 Å². The molecule has 0 rings (SSSR count). The summed E-state index contributed by atoms with van der Waals surface area (Å²) in [7, 11) is 0. The van der Waals surface area contributed by atoms with E-state index >= 15 is 0 Å². The molecule has 0 heterocycles. The van der Waals surface area contributed by atoms with Gasteiger partial charge in [0, 0.05) is 46.0 Å². The average Bonchev–Trinajstić information content (AvgIpc) is 3.13. The summed E-state index contributed by atoms with van der Waals surface area (Å²) in [6.45, 7) is 7.76. The van der Waals surface area contributed by atoms with E-state index < -0.39 is 83.1 Å². The quantitative estimate of drug-likeness (QED) is 0.0167. The Kier molecular flexibility index (Phi) is 25.3. The van der Waals surface area contributed by atoms with Gasteiger partial charge in [0.05, 0.1) is 0 Å². The second-order valence-corrected chi connectivity index (χ2v) is 14.9. The summed E-state index contributed by atoms with van der Waals surface area (Å²) in [5, 5.41) is 0. The molecule has 10 N–H and O–H groups in total. The van der Waals surface area contributed by atoms with Gasteiger partial charge in [-0.2, -0.15) is 0 Å². The van der Waals surface area contributed by atoms with Gasteiger partial charge in [-0.1, -0.05) is 97.8 Å². The molecule has 330 valence electrons. The Morgan fingerprint density at radius 2 is 1.00 bits per heavy atom. The zero-order valence-electron chi connectivity index (χ0n) is 35.1. The van der Waals surface area contributed by atoms with Crippen LogP contribution in [0.2, 0.25) is 0 Å². The highest BCUT2D eigenvalue weighted by atomic mass is 17.2. The largest absolute Gasteiger partial charge is 0.440 e. The van der Waals surface area contributed by atoms with E-state index in [-0.39, 0.29) is 38.8 Å². The highest BCUT2D eigenvalue weighted by molar-refractivity contribution is 6.00. The van der Waals surface area contributed by atoms with Gasteiger partial charge < -0.3 is 30.4 Å². The number of carbonyl (C=O) groups excluding carboxylic acids is 7. The smallest absolute Gasteiger partial charge is 0.418 e. The lowest BCUT2D eigenvalue weighted by atomic mass is 9.79. The van der Waals surface area contributed by atoms with Crippen molar-refractivity contribution in [2.45, 2.75) is 186 Å². The number of Topliss-reactive ketones (excluding diaryl/α,β-unsaturated/α-hetero) is 1. The molecule has 18 heteroatoms. The fraction of sp³-hybridized carbons (Fsp3) is 0.821. The third kappa shape index (κ3) is 17.8. The van der Waals surface area contributed by atoms with Gasteiger partial charge in [0.15, 0.2) is 5.78 Å². The number of carbonyl (C=O) groups is 7. The molecule has 0 saturated heterocycles. The van der Waals surface area contributed by atoms with Crippen molar-refractivity contribution in [2.75, 3.05) is 13.1 Å². The molecule has 0 aliphatic rings. The molecule has 0 bridgehead atoms. The molecule has 0 aromatic carbocycles. The molecule has 4 unspecified atom stereocenters. The van der Waals surface area contributed by atoms with Crippen molar-refractivity contribution >= 4 is 41.6 Å². The lowest BCUT2D eigenvalue weighted by Crippen LogP contribution is -2.75. The van der Waals surface area contributed by atoms with E-state index in [2.05, 4.69) is 16.7 Å². The SMILES string of the molecule is CCCCCCCCCCCCCCCC(=O)C(CCCN)(OC(=O)C(N)(CCCCN)OC(C)=O)C(N)(OC(=O)C(N)(OC(C)=O)C(C)C)C(=O)OOC(C)=O. The van der Waals surface area contributed by atoms with Crippen molar-refractivity contribution in [3.8, 4) is 0 Å². The van der Waals surface area contributed by atoms with Crippen LogP contribution in [0.3, 0.4) is 0 Å². The van der Waals surface area contributed by atoms with Gasteiger partial charge in [0.2, 0.25) is 5.60 Å². The minimum absolute atomic E-state index is 0.141. The predicted octanol–water partition coefficient (Wildman–Crippen LogP) is 3.50. The summed E-state index contributed by atoms with van der Waals surface area (Å²) in [6.07, 6.45) is 11.8. The summed E-state index contributed by atoms with van der Waals surface area (Å²) < 4.78 is 21.7. The van der Waals surface area contributed by atoms with Crippen LogP contribution in [-0.2, 0) is 62.3 Å². The first-order valence-corrected chi connectivity index (χ1v) is 20.3. The normalized spacial score (nSPS) is 15.5. The zero-order valence-corrected chi connectivity index (χ0v) is 35.1. The number of nitrogens with two attached hydrogens (primary N) is 5. The molecule has 0 spiro atoms. The van der Waals surface area contributed by atoms with Crippen LogP contribution in [0, 0.1) is 5.92 Å². The molecular formula is C39H71N5O13. The summed E-state index contributed by atoms with van der Waals surface area (Å²) in [5.74, 6) is -10.4. The Hall–Kier alpha value is -3.71. The second-order valence-electron chi connectivity index (χ2n) is 14.9. The van der Waals surface area contributed by atoms with E-state index in [1.54, 1.807) is 0 Å². The Balaban J connectivity index is 7.05. The van der Waals surface area contributed by atoms with E-state index in [0.717, 1.165) is 52.9 Å². The monoisotopic (exact) mass is 818 g/mol. The molecule has 18 nitrogen and oxygen atoms in total. The summed E-state index contributed by atoms with van der Waals surface area (Å²) in [5.41, 5.74) is 18.8. The van der Waals surface area contributed by atoms with Crippen molar-refractivity contribution in [1.29, 1.82) is 0 Å². The third-order valence-electron chi connectivity index (χ3n) is 9.51. The van der Waals surface area contributed by atoms with Gasteiger partial charge in [-0.25, -0.2) is 29.0 Å². The van der Waals surface area contributed by atoms with E-state index in [9.17, 15) is 33.6 Å². The molecule has 0 fully saturated rings. The molecule has 0 aromatic heterocycles. The Morgan fingerprint density at radius 3 is 1.44 bits per heavy atom. The van der Waals surface area contributed by atoms with Crippen LogP contribution in [0.4, 0.5) is 0 Å². The number of ether oxygens (including phenoxy) is 4. The highest BCUT2D eigenvalue weighted by Crippen LogP contribution is 2.38. The Bertz CT molecular complexity index is 1300. The molecule has 0 aromatic rings. The third-order valence-corrected chi connectivity index (χ3v) is 9.51. The van der Waals surface area contributed by atoms with E-state index in [1.165, 1.54) is 52.4 Å². The maximum atomic E-state index is 14.7. The summed E-state index contributed by atoms with van der Waals surface area (Å²) in [4.78, 5) is 102. The van der Waals surface area contributed by atoms with Crippen LogP contribution in [0.25, 0.3) is 0 Å². The zero-order chi connectivity index (χ0) is 43.7. The van der Waals surface area contributed by atoms with Gasteiger partial charge in [0.1, 0.15) is 0 Å². The lowest BCUT2D eigenvalue weighted by Gasteiger charge is -2.45. The number of hydrogen-bond acceptors (Lipinski definition) is 18. The van der Waals surface area contributed by atoms with Crippen LogP contribution in [-0.4, -0.2) is 77.5 Å². The van der Waals surface area contributed by atoms with Crippen molar-refractivity contribution in [3.63, 3.8) is 0 Å². The number of esters is 4. The topological polar surface area (TPSA) is 305 Å². The van der Waals surface area contributed by atoms with Crippen molar-refractivity contribution in [2.24, 2.45) is 34.6 Å². The average molecular weight is 818 g/mol. The molecule has 0 radical (unpaired) electrons. The van der Waals surface area contributed by atoms with Crippen molar-refractivity contribution < 1.29 is 62.3 Å². The van der Waals surface area contributed by atoms with Crippen molar-refractivity contribution in [1.82, 2.24) is 0 Å². The first kappa shape index (κ1) is 53.3. The maximum absolute atomic E-state index is 14.7. The number of unbranched alkanes of at least 4 members (excludes halogenated alkanes) is 13. The molecule has 0 aliphatic carbocycles. The highest BCUT2D eigenvalue weighted by Gasteiger charge is 2.68. The van der Waals surface area contributed by atoms with Gasteiger partial charge in [-0.15, -0.1) is 0 Å². The van der Waals surface area contributed by atoms with Crippen LogP contribution < -0.4 is 28.7 Å². The molecular weight excluding hydrogens is 746 g/mol. The maximum Gasteiger partial charge on any atom is 0.418 e. The van der Waals surface area contributed by atoms with Gasteiger partial charge >= 0.3 is 41.5 Å². The molecule has 0 saturated carbocycles. The first-order valence-electron chi connectivity index (χ1n) is 20.3. The Morgan fingerprint density at radius 1 is 0.509 bits per heavy atom. The second kappa shape index (κ2) is 27.1. The standard InChI is InChI=1S/C39H71N5O13/c1-7-8-9-10-11-12-13-14-15-16-17-18-19-23-32(48)36(24-22-27-41,54-33(49)37(42,52-29(4)45)25-20-21-26-40)39(44,35(51)57-56-31(6)47)55-34(50)38(43,28(2)3)53-30(5)46/h28H,7-27,40-44H2,1-6H3. The fourth-order valence-corrected chi connectivity index (χ4v) is 6.11. The van der Waals surface area contributed by atoms with Crippen LogP contribution in [0.1, 0.15) is 164 Å².